The summed E-state index contributed by atoms with van der Waals surface area (Å²) >= 11 is 0. The molecule has 5 heteroatoms. The summed E-state index contributed by atoms with van der Waals surface area (Å²) in [5, 5.41) is 3.27. The highest BCUT2D eigenvalue weighted by Gasteiger charge is 2.33. The number of rotatable bonds is 9. The van der Waals surface area contributed by atoms with Crippen molar-refractivity contribution in [3.05, 3.63) is 0 Å². The van der Waals surface area contributed by atoms with E-state index in [9.17, 15) is 4.57 Å². The Bertz CT molecular complexity index is 281. The van der Waals surface area contributed by atoms with Gasteiger partial charge in [0.05, 0.1) is 12.4 Å². The molecule has 1 aliphatic carbocycles. The third kappa shape index (κ3) is 5.95. The first-order valence-corrected chi connectivity index (χ1v) is 9.59. The van der Waals surface area contributed by atoms with Crippen molar-refractivity contribution in [2.75, 3.05) is 6.61 Å². The molecule has 0 bridgehead atoms. The Balaban J connectivity index is 2.52. The van der Waals surface area contributed by atoms with Crippen molar-refractivity contribution in [1.29, 1.82) is 0 Å². The first kappa shape index (κ1) is 17.2. The van der Waals surface area contributed by atoms with Gasteiger partial charge in [0.15, 0.2) is 0 Å². The second-order valence-corrected chi connectivity index (χ2v) is 7.92. The fraction of sp³-hybridized carbons (Fsp3) is 1.00. The molecule has 1 aliphatic rings. The molecular weight excluding hydrogens is 259 g/mol. The van der Waals surface area contributed by atoms with Crippen LogP contribution in [0.3, 0.4) is 0 Å². The average molecular weight is 290 g/mol. The van der Waals surface area contributed by atoms with E-state index in [1.54, 1.807) is 0 Å². The molecule has 0 saturated heterocycles. The van der Waals surface area contributed by atoms with Gasteiger partial charge in [-0.25, -0.2) is 5.09 Å². The molecule has 2 atom stereocenters. The molecule has 0 amide bonds. The zero-order valence-electron chi connectivity index (χ0n) is 12.6. The number of unbranched alkanes of at least 4 members (excludes halogenated alkanes) is 2. The van der Waals surface area contributed by atoms with Crippen LogP contribution < -0.4 is 10.8 Å². The van der Waals surface area contributed by atoms with E-state index in [0.717, 1.165) is 38.5 Å². The number of nitrogens with two attached hydrogens (primary N) is 1. The molecular formula is C14H31N2O2P. The smallest absolute Gasteiger partial charge is 0.286 e. The highest BCUT2D eigenvalue weighted by molar-refractivity contribution is 7.57. The van der Waals surface area contributed by atoms with Gasteiger partial charge in [0.2, 0.25) is 0 Å². The lowest BCUT2D eigenvalue weighted by Crippen LogP contribution is -2.36. The minimum atomic E-state index is -2.89. The van der Waals surface area contributed by atoms with Crippen molar-refractivity contribution >= 4 is 7.52 Å². The number of hydrogen-bond donors (Lipinski definition) is 2. The fourth-order valence-electron chi connectivity index (χ4n) is 2.68. The largest absolute Gasteiger partial charge is 0.319 e. The summed E-state index contributed by atoms with van der Waals surface area (Å²) in [5.41, 5.74) is 6.15. The predicted octanol–water partition coefficient (Wildman–Crippen LogP) is 4.00. The van der Waals surface area contributed by atoms with E-state index in [2.05, 4.69) is 12.0 Å². The Hall–Kier alpha value is 0.110. The molecule has 3 N–H and O–H groups in total. The molecule has 0 heterocycles. The van der Waals surface area contributed by atoms with Gasteiger partial charge in [-0.15, -0.1) is 0 Å². The molecule has 114 valence electrons. The maximum atomic E-state index is 12.9. The van der Waals surface area contributed by atoms with E-state index in [-0.39, 0.29) is 5.78 Å². The van der Waals surface area contributed by atoms with Gasteiger partial charge in [-0.2, -0.15) is 0 Å². The molecule has 4 nitrogen and oxygen atoms in total. The highest BCUT2D eigenvalue weighted by Crippen LogP contribution is 2.48. The summed E-state index contributed by atoms with van der Waals surface area (Å²) in [5.74, 6) is -0.360. The van der Waals surface area contributed by atoms with E-state index in [1.165, 1.54) is 19.3 Å². The standard InChI is InChI=1S/C14H31N2O2P/c1-3-5-7-12-14(15)19(17,18-4-2)16-13-10-8-6-9-11-13/h13-14H,3-12,15H2,1-2H3,(H,16,17). The van der Waals surface area contributed by atoms with Crippen molar-refractivity contribution in [2.45, 2.75) is 83.5 Å². The molecule has 1 saturated carbocycles. The highest BCUT2D eigenvalue weighted by atomic mass is 31.2. The predicted molar refractivity (Wildman–Crippen MR) is 81.4 cm³/mol. The summed E-state index contributed by atoms with van der Waals surface area (Å²) in [4.78, 5) is 0. The van der Waals surface area contributed by atoms with Crippen LogP contribution in [0.5, 0.6) is 0 Å². The second kappa shape index (κ2) is 9.12. The van der Waals surface area contributed by atoms with Crippen LogP contribution in [0, 0.1) is 0 Å². The lowest BCUT2D eigenvalue weighted by molar-refractivity contribution is 0.299. The van der Waals surface area contributed by atoms with Crippen molar-refractivity contribution in [2.24, 2.45) is 5.73 Å². The van der Waals surface area contributed by atoms with Gasteiger partial charge in [0.25, 0.3) is 7.52 Å². The Labute approximate surface area is 118 Å². The SMILES string of the molecule is CCCCCC(N)P(=O)(NC1CCCCC1)OCC. The van der Waals surface area contributed by atoms with Gasteiger partial charge in [0, 0.05) is 6.04 Å². The monoisotopic (exact) mass is 290 g/mol. The molecule has 0 aromatic rings. The van der Waals surface area contributed by atoms with E-state index in [4.69, 9.17) is 10.3 Å². The topological polar surface area (TPSA) is 64.4 Å². The molecule has 0 spiro atoms. The first-order chi connectivity index (χ1) is 9.12. The van der Waals surface area contributed by atoms with Gasteiger partial charge in [-0.05, 0) is 26.2 Å². The van der Waals surface area contributed by atoms with Crippen molar-refractivity contribution in [3.8, 4) is 0 Å². The molecule has 0 aromatic carbocycles. The lowest BCUT2D eigenvalue weighted by Gasteiger charge is -2.31. The second-order valence-electron chi connectivity index (χ2n) is 5.54. The molecule has 0 aliphatic heterocycles. The van der Waals surface area contributed by atoms with Crippen molar-refractivity contribution in [3.63, 3.8) is 0 Å². The van der Waals surface area contributed by atoms with E-state index >= 15 is 0 Å². The zero-order valence-corrected chi connectivity index (χ0v) is 13.5. The first-order valence-electron chi connectivity index (χ1n) is 7.90. The summed E-state index contributed by atoms with van der Waals surface area (Å²) in [6.45, 7) is 4.50. The van der Waals surface area contributed by atoms with Crippen molar-refractivity contribution < 1.29 is 9.09 Å². The van der Waals surface area contributed by atoms with Gasteiger partial charge in [-0.1, -0.05) is 45.4 Å². The van der Waals surface area contributed by atoms with E-state index in [0.29, 0.717) is 12.6 Å². The molecule has 19 heavy (non-hydrogen) atoms. The minimum Gasteiger partial charge on any atom is -0.319 e. The quantitative estimate of drug-likeness (QED) is 0.497. The molecule has 1 fully saturated rings. The van der Waals surface area contributed by atoms with Crippen LogP contribution in [-0.4, -0.2) is 18.4 Å². The molecule has 2 unspecified atom stereocenters. The average Bonchev–Trinajstić information content (AvgIpc) is 2.40. The van der Waals surface area contributed by atoms with Crippen LogP contribution >= 0.6 is 7.52 Å². The Morgan fingerprint density at radius 1 is 1.26 bits per heavy atom. The van der Waals surface area contributed by atoms with E-state index < -0.39 is 7.52 Å². The third-order valence-corrected chi connectivity index (χ3v) is 6.33. The third-order valence-electron chi connectivity index (χ3n) is 3.83. The Kier molecular flexibility index (Phi) is 8.24. The molecule has 0 radical (unpaired) electrons. The Morgan fingerprint density at radius 2 is 1.95 bits per heavy atom. The fourth-order valence-corrected chi connectivity index (χ4v) is 4.81. The zero-order chi connectivity index (χ0) is 14.1. The lowest BCUT2D eigenvalue weighted by atomic mass is 9.96. The maximum Gasteiger partial charge on any atom is 0.286 e. The van der Waals surface area contributed by atoms with E-state index in [1.807, 2.05) is 6.92 Å². The van der Waals surface area contributed by atoms with Crippen LogP contribution in [-0.2, 0) is 9.09 Å². The van der Waals surface area contributed by atoms with Gasteiger partial charge in [-0.3, -0.25) is 4.57 Å². The maximum absolute atomic E-state index is 12.9. The normalized spacial score (nSPS) is 22.1. The van der Waals surface area contributed by atoms with Crippen molar-refractivity contribution in [1.82, 2.24) is 5.09 Å². The summed E-state index contributed by atoms with van der Waals surface area (Å²) in [6.07, 6.45) is 10.0. The summed E-state index contributed by atoms with van der Waals surface area (Å²) in [6, 6.07) is 0.323. The molecule has 1 rings (SSSR count). The summed E-state index contributed by atoms with van der Waals surface area (Å²) < 4.78 is 18.5. The van der Waals surface area contributed by atoms with Crippen LogP contribution in [0.15, 0.2) is 0 Å². The van der Waals surface area contributed by atoms with Crippen LogP contribution in [0.4, 0.5) is 0 Å². The number of nitrogens with one attached hydrogen (secondary N) is 1. The Morgan fingerprint density at radius 3 is 2.53 bits per heavy atom. The van der Waals surface area contributed by atoms with Gasteiger partial charge in [0.1, 0.15) is 0 Å². The van der Waals surface area contributed by atoms with Crippen LogP contribution in [0.25, 0.3) is 0 Å². The van der Waals surface area contributed by atoms with Gasteiger partial charge < -0.3 is 10.3 Å². The summed E-state index contributed by atoms with van der Waals surface area (Å²) in [7, 11) is -2.89. The van der Waals surface area contributed by atoms with Crippen LogP contribution in [0.2, 0.25) is 0 Å². The van der Waals surface area contributed by atoms with Crippen LogP contribution in [0.1, 0.15) is 71.6 Å². The minimum absolute atomic E-state index is 0.323. The number of hydrogen-bond acceptors (Lipinski definition) is 3. The molecule has 0 aromatic heterocycles. The van der Waals surface area contributed by atoms with Gasteiger partial charge >= 0.3 is 0 Å².